The van der Waals surface area contributed by atoms with E-state index in [9.17, 15) is 8.42 Å². The van der Waals surface area contributed by atoms with Crippen LogP contribution in [-0.4, -0.2) is 44.2 Å². The summed E-state index contributed by atoms with van der Waals surface area (Å²) in [7, 11) is -3.05. The first-order chi connectivity index (χ1) is 9.47. The van der Waals surface area contributed by atoms with Gasteiger partial charge in [-0.05, 0) is 43.7 Å². The molecule has 112 valence electrons. The molecule has 2 heterocycles. The van der Waals surface area contributed by atoms with Crippen LogP contribution in [0.15, 0.2) is 11.6 Å². The van der Waals surface area contributed by atoms with Crippen LogP contribution >= 0.6 is 11.3 Å². The first kappa shape index (κ1) is 14.4. The SMILES string of the molecule is CS(=O)(=O)NC[C@@H]1CC12CCN(Cc1nccs1)CC2. The van der Waals surface area contributed by atoms with Crippen molar-refractivity contribution in [2.45, 2.75) is 25.8 Å². The van der Waals surface area contributed by atoms with Crippen LogP contribution in [0.1, 0.15) is 24.3 Å². The molecular formula is C13H21N3O2S2. The van der Waals surface area contributed by atoms with Gasteiger partial charge in [0.05, 0.1) is 12.8 Å². The van der Waals surface area contributed by atoms with Crippen LogP contribution in [0, 0.1) is 11.3 Å². The number of hydrogen-bond acceptors (Lipinski definition) is 5. The molecule has 3 rings (SSSR count). The van der Waals surface area contributed by atoms with E-state index in [1.165, 1.54) is 30.5 Å². The molecule has 2 fully saturated rings. The van der Waals surface area contributed by atoms with Crippen molar-refractivity contribution in [1.29, 1.82) is 0 Å². The standard InChI is InChI=1S/C13H21N3O2S2/c1-20(17,18)15-9-11-8-13(11)2-5-16(6-3-13)10-12-14-4-7-19-12/h4,7,11,15H,2-3,5-6,8-10H2,1H3/t11-/m0/s1. The van der Waals surface area contributed by atoms with Crippen LogP contribution in [0.2, 0.25) is 0 Å². The minimum absolute atomic E-state index is 0.414. The molecular weight excluding hydrogens is 294 g/mol. The monoisotopic (exact) mass is 315 g/mol. The highest BCUT2D eigenvalue weighted by molar-refractivity contribution is 7.88. The maximum Gasteiger partial charge on any atom is 0.208 e. The number of thiazole rings is 1. The molecule has 1 atom stereocenters. The number of rotatable bonds is 5. The van der Waals surface area contributed by atoms with Crippen molar-refractivity contribution in [1.82, 2.24) is 14.6 Å². The van der Waals surface area contributed by atoms with Gasteiger partial charge in [-0.2, -0.15) is 0 Å². The fraction of sp³-hybridized carbons (Fsp3) is 0.769. The van der Waals surface area contributed by atoms with Crippen LogP contribution in [-0.2, 0) is 16.6 Å². The van der Waals surface area contributed by atoms with Gasteiger partial charge in [0.2, 0.25) is 10.0 Å². The lowest BCUT2D eigenvalue weighted by molar-refractivity contribution is 0.156. The number of likely N-dealkylation sites (tertiary alicyclic amines) is 1. The second-order valence-electron chi connectivity index (χ2n) is 6.09. The first-order valence-corrected chi connectivity index (χ1v) is 9.79. The number of nitrogens with one attached hydrogen (secondary N) is 1. The molecule has 0 radical (unpaired) electrons. The summed E-state index contributed by atoms with van der Waals surface area (Å²) in [6.45, 7) is 3.79. The third kappa shape index (κ3) is 3.39. The van der Waals surface area contributed by atoms with Crippen molar-refractivity contribution in [3.63, 3.8) is 0 Å². The van der Waals surface area contributed by atoms with Gasteiger partial charge in [-0.1, -0.05) is 0 Å². The quantitative estimate of drug-likeness (QED) is 0.889. The van der Waals surface area contributed by atoms with Crippen molar-refractivity contribution in [2.24, 2.45) is 11.3 Å². The number of sulfonamides is 1. The molecule has 0 amide bonds. The lowest BCUT2D eigenvalue weighted by atomic mass is 9.91. The summed E-state index contributed by atoms with van der Waals surface area (Å²) in [5.41, 5.74) is 0.414. The Hall–Kier alpha value is -0.500. The second kappa shape index (κ2) is 5.36. The lowest BCUT2D eigenvalue weighted by Crippen LogP contribution is -2.36. The maximum absolute atomic E-state index is 11.1. The summed E-state index contributed by atoms with van der Waals surface area (Å²) in [5, 5.41) is 3.21. The number of piperidine rings is 1. The summed E-state index contributed by atoms with van der Waals surface area (Å²) in [6, 6.07) is 0. The van der Waals surface area contributed by atoms with E-state index in [4.69, 9.17) is 0 Å². The van der Waals surface area contributed by atoms with E-state index < -0.39 is 10.0 Å². The van der Waals surface area contributed by atoms with Crippen LogP contribution in [0.3, 0.4) is 0 Å². The van der Waals surface area contributed by atoms with Crippen LogP contribution in [0.5, 0.6) is 0 Å². The fourth-order valence-corrected chi connectivity index (χ4v) is 4.43. The van der Waals surface area contributed by atoms with E-state index in [1.807, 2.05) is 11.6 Å². The van der Waals surface area contributed by atoms with E-state index in [1.54, 1.807) is 11.3 Å². The molecule has 1 aliphatic heterocycles. The Morgan fingerprint density at radius 2 is 2.25 bits per heavy atom. The topological polar surface area (TPSA) is 62.3 Å². The van der Waals surface area contributed by atoms with E-state index in [0.29, 0.717) is 17.9 Å². The van der Waals surface area contributed by atoms with Gasteiger partial charge in [0.15, 0.2) is 0 Å². The van der Waals surface area contributed by atoms with E-state index in [0.717, 1.165) is 19.6 Å². The van der Waals surface area contributed by atoms with Crippen molar-refractivity contribution in [3.05, 3.63) is 16.6 Å². The van der Waals surface area contributed by atoms with Gasteiger partial charge in [-0.25, -0.2) is 18.1 Å². The third-order valence-corrected chi connectivity index (χ3v) is 6.10. The summed E-state index contributed by atoms with van der Waals surface area (Å²) in [6.07, 6.45) is 6.65. The van der Waals surface area contributed by atoms with Crippen LogP contribution < -0.4 is 4.72 Å². The van der Waals surface area contributed by atoms with Crippen LogP contribution in [0.4, 0.5) is 0 Å². The van der Waals surface area contributed by atoms with Gasteiger partial charge in [0, 0.05) is 18.1 Å². The largest absolute Gasteiger partial charge is 0.297 e. The maximum atomic E-state index is 11.1. The highest BCUT2D eigenvalue weighted by Gasteiger charge is 2.54. The molecule has 20 heavy (non-hydrogen) atoms. The molecule has 1 aliphatic carbocycles. The Bertz CT molecular complexity index is 548. The number of hydrogen-bond donors (Lipinski definition) is 1. The van der Waals surface area contributed by atoms with E-state index in [-0.39, 0.29) is 0 Å². The smallest absolute Gasteiger partial charge is 0.208 e. The summed E-state index contributed by atoms with van der Waals surface area (Å²) >= 11 is 1.71. The summed E-state index contributed by atoms with van der Waals surface area (Å²) in [5.74, 6) is 0.541. The highest BCUT2D eigenvalue weighted by atomic mass is 32.2. The Labute approximate surface area is 124 Å². The minimum atomic E-state index is -3.05. The number of aromatic nitrogens is 1. The molecule has 1 spiro atoms. The fourth-order valence-electron chi connectivity index (χ4n) is 3.26. The molecule has 1 aromatic rings. The molecule has 0 bridgehead atoms. The van der Waals surface area contributed by atoms with Crippen molar-refractivity contribution >= 4 is 21.4 Å². The summed E-state index contributed by atoms with van der Waals surface area (Å²) < 4.78 is 24.9. The molecule has 1 aromatic heterocycles. The number of nitrogens with zero attached hydrogens (tertiary/aromatic N) is 2. The highest BCUT2D eigenvalue weighted by Crippen LogP contribution is 2.59. The Balaban J connectivity index is 1.45. The molecule has 2 aliphatic rings. The van der Waals surface area contributed by atoms with E-state index in [2.05, 4.69) is 14.6 Å². The zero-order valence-corrected chi connectivity index (χ0v) is 13.3. The zero-order chi connectivity index (χ0) is 14.2. The predicted molar refractivity (Wildman–Crippen MR) is 80.0 cm³/mol. The third-order valence-electron chi connectivity index (χ3n) is 4.64. The van der Waals surface area contributed by atoms with Gasteiger partial charge in [0.1, 0.15) is 5.01 Å². The van der Waals surface area contributed by atoms with Crippen molar-refractivity contribution in [3.8, 4) is 0 Å². The molecule has 7 heteroatoms. The van der Waals surface area contributed by atoms with Crippen molar-refractivity contribution in [2.75, 3.05) is 25.9 Å². The Kier molecular flexibility index (Phi) is 3.87. The van der Waals surface area contributed by atoms with Gasteiger partial charge < -0.3 is 0 Å². The minimum Gasteiger partial charge on any atom is -0.297 e. The van der Waals surface area contributed by atoms with Gasteiger partial charge in [0.25, 0.3) is 0 Å². The second-order valence-corrected chi connectivity index (χ2v) is 8.90. The molecule has 1 N–H and O–H groups in total. The van der Waals surface area contributed by atoms with Gasteiger partial charge in [-0.3, -0.25) is 4.90 Å². The van der Waals surface area contributed by atoms with Crippen molar-refractivity contribution < 1.29 is 8.42 Å². The molecule has 0 unspecified atom stereocenters. The average Bonchev–Trinajstić information content (AvgIpc) is 2.80. The molecule has 1 saturated carbocycles. The molecule has 5 nitrogen and oxygen atoms in total. The van der Waals surface area contributed by atoms with Gasteiger partial charge >= 0.3 is 0 Å². The average molecular weight is 315 g/mol. The summed E-state index contributed by atoms with van der Waals surface area (Å²) in [4.78, 5) is 6.80. The van der Waals surface area contributed by atoms with Crippen LogP contribution in [0.25, 0.3) is 0 Å². The lowest BCUT2D eigenvalue weighted by Gasteiger charge is -2.32. The normalized spacial score (nSPS) is 25.9. The van der Waals surface area contributed by atoms with E-state index >= 15 is 0 Å². The zero-order valence-electron chi connectivity index (χ0n) is 11.7. The Morgan fingerprint density at radius 1 is 1.50 bits per heavy atom. The first-order valence-electron chi connectivity index (χ1n) is 7.02. The van der Waals surface area contributed by atoms with Gasteiger partial charge in [-0.15, -0.1) is 11.3 Å². The Morgan fingerprint density at radius 3 is 2.85 bits per heavy atom. The predicted octanol–water partition coefficient (Wildman–Crippen LogP) is 1.29. The molecule has 0 aromatic carbocycles. The molecule has 1 saturated heterocycles.